The molecule has 49 heavy (non-hydrogen) atoms. The van der Waals surface area contributed by atoms with Crippen LogP contribution in [0.1, 0.15) is 22.3 Å². The highest BCUT2D eigenvalue weighted by Crippen LogP contribution is 2.56. The molecular formula is C47H31NS. The van der Waals surface area contributed by atoms with E-state index in [-0.39, 0.29) is 0 Å². The van der Waals surface area contributed by atoms with Crippen LogP contribution < -0.4 is 4.90 Å². The van der Waals surface area contributed by atoms with Crippen LogP contribution in [0, 0.1) is 0 Å². The number of hydrogen-bond donors (Lipinski definition) is 0. The van der Waals surface area contributed by atoms with Gasteiger partial charge in [0.2, 0.25) is 0 Å². The lowest BCUT2D eigenvalue weighted by Gasteiger charge is -2.35. The molecule has 1 heterocycles. The molecule has 10 rings (SSSR count). The van der Waals surface area contributed by atoms with Gasteiger partial charge in [-0.25, -0.2) is 0 Å². The summed E-state index contributed by atoms with van der Waals surface area (Å²) in [5, 5.41) is 5.19. The van der Waals surface area contributed by atoms with Gasteiger partial charge in [-0.05, 0) is 81.2 Å². The Morgan fingerprint density at radius 3 is 1.76 bits per heavy atom. The van der Waals surface area contributed by atoms with Crippen molar-refractivity contribution in [2.75, 3.05) is 4.90 Å². The van der Waals surface area contributed by atoms with Crippen LogP contribution in [0.5, 0.6) is 0 Å². The van der Waals surface area contributed by atoms with Gasteiger partial charge in [0.25, 0.3) is 0 Å². The molecule has 0 spiro atoms. The molecule has 0 bridgehead atoms. The molecule has 1 aliphatic carbocycles. The van der Waals surface area contributed by atoms with Crippen LogP contribution in [0.25, 0.3) is 42.1 Å². The Morgan fingerprint density at radius 1 is 0.388 bits per heavy atom. The summed E-state index contributed by atoms with van der Waals surface area (Å²) in [7, 11) is 0. The van der Waals surface area contributed by atoms with Crippen LogP contribution in [0.15, 0.2) is 188 Å². The number of para-hydroxylation sites is 1. The van der Waals surface area contributed by atoms with Crippen LogP contribution in [-0.2, 0) is 5.41 Å². The minimum atomic E-state index is -0.459. The Morgan fingerprint density at radius 2 is 0.980 bits per heavy atom. The first-order chi connectivity index (χ1) is 24.3. The molecule has 0 fully saturated rings. The van der Waals surface area contributed by atoms with Gasteiger partial charge in [0.15, 0.2) is 0 Å². The zero-order valence-electron chi connectivity index (χ0n) is 26.8. The van der Waals surface area contributed by atoms with Crippen molar-refractivity contribution in [1.82, 2.24) is 0 Å². The predicted molar refractivity (Wildman–Crippen MR) is 209 cm³/mol. The normalized spacial score (nSPS) is 13.1. The van der Waals surface area contributed by atoms with E-state index in [9.17, 15) is 0 Å². The summed E-state index contributed by atoms with van der Waals surface area (Å²) >= 11 is 1.89. The Hall–Kier alpha value is -5.96. The van der Waals surface area contributed by atoms with Crippen LogP contribution >= 0.6 is 11.3 Å². The van der Waals surface area contributed by atoms with Crippen molar-refractivity contribution in [3.05, 3.63) is 210 Å². The van der Waals surface area contributed by atoms with Gasteiger partial charge >= 0.3 is 0 Å². The van der Waals surface area contributed by atoms with E-state index in [4.69, 9.17) is 0 Å². The highest BCUT2D eigenvalue weighted by molar-refractivity contribution is 7.26. The van der Waals surface area contributed by atoms with Crippen molar-refractivity contribution in [3.8, 4) is 11.1 Å². The van der Waals surface area contributed by atoms with Crippen LogP contribution in [-0.4, -0.2) is 0 Å². The summed E-state index contributed by atoms with van der Waals surface area (Å²) in [6.45, 7) is 0. The van der Waals surface area contributed by atoms with E-state index in [0.717, 1.165) is 17.1 Å². The first kappa shape index (κ1) is 28.1. The number of nitrogens with zero attached hydrogens (tertiary/aromatic N) is 1. The zero-order valence-corrected chi connectivity index (χ0v) is 27.6. The maximum absolute atomic E-state index is 2.42. The molecule has 0 aliphatic heterocycles. The van der Waals surface area contributed by atoms with Gasteiger partial charge in [-0.2, -0.15) is 0 Å². The van der Waals surface area contributed by atoms with E-state index in [1.165, 1.54) is 64.3 Å². The molecule has 0 unspecified atom stereocenters. The van der Waals surface area contributed by atoms with E-state index < -0.39 is 5.41 Å². The van der Waals surface area contributed by atoms with Gasteiger partial charge in [0.05, 0.1) is 5.41 Å². The average molecular weight is 642 g/mol. The maximum Gasteiger partial charge on any atom is 0.0714 e. The predicted octanol–water partition coefficient (Wildman–Crippen LogP) is 13.0. The largest absolute Gasteiger partial charge is 0.310 e. The van der Waals surface area contributed by atoms with Gasteiger partial charge in [-0.15, -0.1) is 11.3 Å². The van der Waals surface area contributed by atoms with Crippen molar-refractivity contribution in [3.63, 3.8) is 0 Å². The third-order valence-electron chi connectivity index (χ3n) is 10.3. The molecular weight excluding hydrogens is 611 g/mol. The number of fused-ring (bicyclic) bond motifs is 8. The lowest BCUT2D eigenvalue weighted by Crippen LogP contribution is -2.28. The molecule has 8 aromatic carbocycles. The second-order valence-corrected chi connectivity index (χ2v) is 13.9. The van der Waals surface area contributed by atoms with E-state index in [1.807, 2.05) is 11.3 Å². The molecule has 0 radical (unpaired) electrons. The molecule has 0 saturated heterocycles. The fourth-order valence-electron chi connectivity index (χ4n) is 8.24. The van der Waals surface area contributed by atoms with Gasteiger partial charge in [-0.1, -0.05) is 146 Å². The summed E-state index contributed by atoms with van der Waals surface area (Å²) in [5.74, 6) is 0. The van der Waals surface area contributed by atoms with Crippen molar-refractivity contribution >= 4 is 59.3 Å². The van der Waals surface area contributed by atoms with E-state index in [1.54, 1.807) is 0 Å². The summed E-state index contributed by atoms with van der Waals surface area (Å²) < 4.78 is 2.66. The van der Waals surface area contributed by atoms with Gasteiger partial charge in [0.1, 0.15) is 0 Å². The SMILES string of the molecule is c1ccc(N(c2cccc(C3(c4ccccc4)c4ccccc4-c4ccccc43)c2)c2ccc3ccc4c5ccccc5sc4c3c2)cc1. The van der Waals surface area contributed by atoms with Gasteiger partial charge in [0, 0.05) is 42.6 Å². The Kier molecular flexibility index (Phi) is 6.34. The van der Waals surface area contributed by atoms with Gasteiger partial charge < -0.3 is 4.90 Å². The molecule has 9 aromatic rings. The smallest absolute Gasteiger partial charge is 0.0714 e. The number of anilines is 3. The highest BCUT2D eigenvalue weighted by atomic mass is 32.1. The molecule has 1 aliphatic rings. The van der Waals surface area contributed by atoms with E-state index in [2.05, 4.69) is 193 Å². The number of rotatable bonds is 5. The number of thiophene rings is 1. The van der Waals surface area contributed by atoms with Crippen molar-refractivity contribution in [1.29, 1.82) is 0 Å². The lowest BCUT2D eigenvalue weighted by atomic mass is 9.67. The molecule has 0 amide bonds. The van der Waals surface area contributed by atoms with Crippen molar-refractivity contribution < 1.29 is 0 Å². The zero-order chi connectivity index (χ0) is 32.4. The Balaban J connectivity index is 1.23. The molecule has 2 heteroatoms. The minimum Gasteiger partial charge on any atom is -0.310 e. The second-order valence-electron chi connectivity index (χ2n) is 12.9. The van der Waals surface area contributed by atoms with Crippen LogP contribution in [0.2, 0.25) is 0 Å². The van der Waals surface area contributed by atoms with Gasteiger partial charge in [-0.3, -0.25) is 0 Å². The molecule has 1 nitrogen and oxygen atoms in total. The Bertz CT molecular complexity index is 2630. The van der Waals surface area contributed by atoms with Crippen molar-refractivity contribution in [2.45, 2.75) is 5.41 Å². The van der Waals surface area contributed by atoms with Crippen LogP contribution in [0.4, 0.5) is 17.1 Å². The van der Waals surface area contributed by atoms with E-state index in [0.29, 0.717) is 0 Å². The third kappa shape index (κ3) is 4.18. The molecule has 0 saturated carbocycles. The standard InChI is InChI=1S/C47H31NS/c1-3-14-33(15-4-1)47(43-23-10-7-20-38(43)39-21-8-11-24-44(39)47)34-16-13-19-36(30-34)48(35-17-5-2-6-18-35)37-28-26-32-27-29-41-40-22-9-12-25-45(40)49-46(41)42(32)31-37/h1-31H. The summed E-state index contributed by atoms with van der Waals surface area (Å²) in [6.07, 6.45) is 0. The fraction of sp³-hybridized carbons (Fsp3) is 0.0213. The first-order valence-electron chi connectivity index (χ1n) is 16.9. The molecule has 230 valence electrons. The quantitative estimate of drug-likeness (QED) is 0.181. The summed E-state index contributed by atoms with van der Waals surface area (Å²) in [5.41, 5.74) is 10.7. The lowest BCUT2D eigenvalue weighted by molar-refractivity contribution is 0.768. The molecule has 0 atom stereocenters. The third-order valence-corrected chi connectivity index (χ3v) is 11.5. The topological polar surface area (TPSA) is 3.24 Å². The summed E-state index contributed by atoms with van der Waals surface area (Å²) in [6, 6.07) is 69.2. The van der Waals surface area contributed by atoms with Crippen LogP contribution in [0.3, 0.4) is 0 Å². The Labute approximate surface area is 290 Å². The van der Waals surface area contributed by atoms with E-state index >= 15 is 0 Å². The monoisotopic (exact) mass is 641 g/mol. The number of benzene rings is 8. The average Bonchev–Trinajstić information content (AvgIpc) is 3.71. The van der Waals surface area contributed by atoms with Crippen molar-refractivity contribution in [2.24, 2.45) is 0 Å². The first-order valence-corrected chi connectivity index (χ1v) is 17.7. The minimum absolute atomic E-state index is 0.459. The second kappa shape index (κ2) is 11.1. The fourth-order valence-corrected chi connectivity index (χ4v) is 9.47. The summed E-state index contributed by atoms with van der Waals surface area (Å²) in [4.78, 5) is 2.42. The maximum atomic E-state index is 2.42. The number of hydrogen-bond acceptors (Lipinski definition) is 2. The molecule has 0 N–H and O–H groups in total. The molecule has 1 aromatic heterocycles. The highest BCUT2D eigenvalue weighted by Gasteiger charge is 2.46.